The predicted molar refractivity (Wildman–Crippen MR) is 106 cm³/mol. The summed E-state index contributed by atoms with van der Waals surface area (Å²) in [7, 11) is -1.89. The molecule has 1 fully saturated rings. The summed E-state index contributed by atoms with van der Waals surface area (Å²) in [6, 6.07) is 14.3. The first kappa shape index (κ1) is 20.1. The molecule has 0 radical (unpaired) electrons. The van der Waals surface area contributed by atoms with Crippen LogP contribution in [0.4, 0.5) is 0 Å². The van der Waals surface area contributed by atoms with E-state index in [1.807, 2.05) is 12.1 Å². The standard InChI is InChI=1S/C21H24N2O4S/c1-15-21(25)23(16(2)20(24)22(15)3)13-17-9-7-8-10-18(17)14-28(26,27)19-11-5-4-6-12-19/h4-12,15-16H,13-14H2,1-3H3/t15-,16-/m0/s1. The van der Waals surface area contributed by atoms with Crippen LogP contribution >= 0.6 is 0 Å². The third kappa shape index (κ3) is 3.80. The lowest BCUT2D eigenvalue weighted by atomic mass is 10.0. The van der Waals surface area contributed by atoms with E-state index in [4.69, 9.17) is 0 Å². The maximum atomic E-state index is 12.8. The molecule has 28 heavy (non-hydrogen) atoms. The molecule has 1 saturated heterocycles. The highest BCUT2D eigenvalue weighted by atomic mass is 32.2. The molecule has 0 aliphatic carbocycles. The van der Waals surface area contributed by atoms with Gasteiger partial charge in [0, 0.05) is 13.6 Å². The van der Waals surface area contributed by atoms with Gasteiger partial charge in [0.05, 0.1) is 10.6 Å². The van der Waals surface area contributed by atoms with Crippen molar-refractivity contribution in [3.63, 3.8) is 0 Å². The summed E-state index contributed by atoms with van der Waals surface area (Å²) in [6.07, 6.45) is 0. The fraction of sp³-hybridized carbons (Fsp3) is 0.333. The average Bonchev–Trinajstić information content (AvgIpc) is 2.70. The smallest absolute Gasteiger partial charge is 0.246 e. The van der Waals surface area contributed by atoms with Crippen LogP contribution in [0.25, 0.3) is 0 Å². The quantitative estimate of drug-likeness (QED) is 0.771. The van der Waals surface area contributed by atoms with Crippen molar-refractivity contribution in [1.29, 1.82) is 0 Å². The zero-order valence-corrected chi connectivity index (χ0v) is 17.0. The molecule has 2 aromatic rings. The van der Waals surface area contributed by atoms with Crippen LogP contribution in [0.1, 0.15) is 25.0 Å². The first-order chi connectivity index (χ1) is 13.2. The van der Waals surface area contributed by atoms with Gasteiger partial charge >= 0.3 is 0 Å². The molecule has 148 valence electrons. The normalized spacial score (nSPS) is 20.5. The van der Waals surface area contributed by atoms with Crippen molar-refractivity contribution in [3.8, 4) is 0 Å². The van der Waals surface area contributed by atoms with Crippen molar-refractivity contribution >= 4 is 21.7 Å². The molecule has 0 saturated carbocycles. The summed E-state index contributed by atoms with van der Waals surface area (Å²) in [5, 5.41) is 0. The lowest BCUT2D eigenvalue weighted by Crippen LogP contribution is -2.61. The minimum atomic E-state index is -3.51. The van der Waals surface area contributed by atoms with Gasteiger partial charge in [-0.2, -0.15) is 0 Å². The van der Waals surface area contributed by atoms with Crippen LogP contribution in [0.5, 0.6) is 0 Å². The summed E-state index contributed by atoms with van der Waals surface area (Å²) >= 11 is 0. The van der Waals surface area contributed by atoms with Crippen molar-refractivity contribution in [2.24, 2.45) is 0 Å². The summed E-state index contributed by atoms with van der Waals surface area (Å²) in [5.41, 5.74) is 1.36. The number of carbonyl (C=O) groups excluding carboxylic acids is 2. The van der Waals surface area contributed by atoms with Gasteiger partial charge in [0.2, 0.25) is 11.8 Å². The molecule has 1 heterocycles. The second-order valence-electron chi connectivity index (χ2n) is 7.11. The van der Waals surface area contributed by atoms with Crippen molar-refractivity contribution in [1.82, 2.24) is 9.80 Å². The van der Waals surface area contributed by atoms with E-state index in [0.29, 0.717) is 5.56 Å². The lowest BCUT2D eigenvalue weighted by Gasteiger charge is -2.41. The molecule has 2 aromatic carbocycles. The summed E-state index contributed by atoms with van der Waals surface area (Å²) in [4.78, 5) is 28.4. The van der Waals surface area contributed by atoms with E-state index in [1.54, 1.807) is 63.4 Å². The van der Waals surface area contributed by atoms with Crippen molar-refractivity contribution in [2.45, 2.75) is 43.1 Å². The molecule has 0 spiro atoms. The van der Waals surface area contributed by atoms with Crippen molar-refractivity contribution < 1.29 is 18.0 Å². The number of carbonyl (C=O) groups is 2. The maximum absolute atomic E-state index is 12.8. The molecule has 7 heteroatoms. The van der Waals surface area contributed by atoms with E-state index in [2.05, 4.69) is 0 Å². The summed E-state index contributed by atoms with van der Waals surface area (Å²) in [5.74, 6) is -0.427. The molecule has 1 aliphatic rings. The van der Waals surface area contributed by atoms with Crippen LogP contribution in [0.2, 0.25) is 0 Å². The van der Waals surface area contributed by atoms with Crippen LogP contribution in [0.3, 0.4) is 0 Å². The average molecular weight is 401 g/mol. The summed E-state index contributed by atoms with van der Waals surface area (Å²) < 4.78 is 25.6. The van der Waals surface area contributed by atoms with E-state index in [9.17, 15) is 18.0 Å². The summed E-state index contributed by atoms with van der Waals surface area (Å²) in [6.45, 7) is 3.60. The zero-order valence-electron chi connectivity index (χ0n) is 16.2. The minimum Gasteiger partial charge on any atom is -0.332 e. The van der Waals surface area contributed by atoms with Gasteiger partial charge in [0.25, 0.3) is 0 Å². The molecule has 2 atom stereocenters. The number of hydrogen-bond acceptors (Lipinski definition) is 4. The van der Waals surface area contributed by atoms with Crippen LogP contribution in [0.15, 0.2) is 59.5 Å². The zero-order chi connectivity index (χ0) is 20.5. The number of amides is 2. The lowest BCUT2D eigenvalue weighted by molar-refractivity contribution is -0.159. The molecule has 0 unspecified atom stereocenters. The predicted octanol–water partition coefficient (Wildman–Crippen LogP) is 2.24. The number of sulfone groups is 1. The molecular weight excluding hydrogens is 376 g/mol. The van der Waals surface area contributed by atoms with Gasteiger partial charge < -0.3 is 9.80 Å². The van der Waals surface area contributed by atoms with E-state index in [-0.39, 0.29) is 29.0 Å². The SMILES string of the molecule is C[C@H]1C(=O)N(Cc2ccccc2CS(=O)(=O)c2ccccc2)[C@@H](C)C(=O)N1C. The van der Waals surface area contributed by atoms with Crippen LogP contribution in [0, 0.1) is 0 Å². The van der Waals surface area contributed by atoms with Gasteiger partial charge in [-0.1, -0.05) is 42.5 Å². The Bertz CT molecular complexity index is 988. The fourth-order valence-corrected chi connectivity index (χ4v) is 4.81. The monoisotopic (exact) mass is 400 g/mol. The Morgan fingerprint density at radius 2 is 1.39 bits per heavy atom. The van der Waals surface area contributed by atoms with Gasteiger partial charge in [-0.3, -0.25) is 9.59 Å². The molecule has 1 aliphatic heterocycles. The van der Waals surface area contributed by atoms with Gasteiger partial charge in [0.1, 0.15) is 12.1 Å². The number of benzene rings is 2. The van der Waals surface area contributed by atoms with E-state index < -0.39 is 21.9 Å². The first-order valence-corrected chi connectivity index (χ1v) is 10.8. The van der Waals surface area contributed by atoms with Crippen LogP contribution in [-0.2, 0) is 31.7 Å². The first-order valence-electron chi connectivity index (χ1n) is 9.14. The van der Waals surface area contributed by atoms with Gasteiger partial charge in [-0.15, -0.1) is 0 Å². The van der Waals surface area contributed by atoms with E-state index in [1.165, 1.54) is 9.80 Å². The van der Waals surface area contributed by atoms with Gasteiger partial charge in [-0.25, -0.2) is 8.42 Å². The third-order valence-corrected chi connectivity index (χ3v) is 6.98. The fourth-order valence-electron chi connectivity index (χ4n) is 3.38. The Labute approximate surface area is 165 Å². The Morgan fingerprint density at radius 3 is 2.04 bits per heavy atom. The molecule has 0 N–H and O–H groups in total. The molecule has 0 aromatic heterocycles. The molecular formula is C21H24N2O4S. The largest absolute Gasteiger partial charge is 0.332 e. The molecule has 3 rings (SSSR count). The van der Waals surface area contributed by atoms with E-state index in [0.717, 1.165) is 5.56 Å². The second kappa shape index (κ2) is 7.75. The highest BCUT2D eigenvalue weighted by Gasteiger charge is 2.39. The van der Waals surface area contributed by atoms with Crippen LogP contribution < -0.4 is 0 Å². The Balaban J connectivity index is 1.89. The molecule has 2 amide bonds. The number of likely N-dealkylation sites (N-methyl/N-ethyl adjacent to an activating group) is 1. The topological polar surface area (TPSA) is 74.8 Å². The molecule has 6 nitrogen and oxygen atoms in total. The third-order valence-electron chi connectivity index (χ3n) is 5.30. The Morgan fingerprint density at radius 1 is 0.821 bits per heavy atom. The number of nitrogens with zero attached hydrogens (tertiary/aromatic N) is 2. The van der Waals surface area contributed by atoms with E-state index >= 15 is 0 Å². The van der Waals surface area contributed by atoms with Gasteiger partial charge in [0.15, 0.2) is 9.84 Å². The number of piperazine rings is 1. The Kier molecular flexibility index (Phi) is 5.56. The van der Waals surface area contributed by atoms with Crippen molar-refractivity contribution in [3.05, 3.63) is 65.7 Å². The highest BCUT2D eigenvalue weighted by molar-refractivity contribution is 7.90. The number of hydrogen-bond donors (Lipinski definition) is 0. The van der Waals surface area contributed by atoms with Crippen LogP contribution in [-0.4, -0.2) is 49.2 Å². The molecule has 0 bridgehead atoms. The minimum absolute atomic E-state index is 0.124. The highest BCUT2D eigenvalue weighted by Crippen LogP contribution is 2.23. The number of rotatable bonds is 5. The van der Waals surface area contributed by atoms with Crippen molar-refractivity contribution in [2.75, 3.05) is 7.05 Å². The maximum Gasteiger partial charge on any atom is 0.246 e. The Hall–Kier alpha value is -2.67. The second-order valence-corrected chi connectivity index (χ2v) is 9.10. The van der Waals surface area contributed by atoms with Gasteiger partial charge in [-0.05, 0) is 37.1 Å².